The summed E-state index contributed by atoms with van der Waals surface area (Å²) in [4.78, 5) is 22.6. The number of ether oxygens (including phenoxy) is 2. The average Bonchev–Trinajstić information content (AvgIpc) is 3.13. The van der Waals surface area contributed by atoms with E-state index in [9.17, 15) is 4.79 Å². The Kier molecular flexibility index (Phi) is 5.88. The summed E-state index contributed by atoms with van der Waals surface area (Å²) < 4.78 is 10.9. The molecular weight excluding hydrogens is 306 g/mol. The van der Waals surface area contributed by atoms with Gasteiger partial charge in [-0.1, -0.05) is 25.7 Å². The highest BCUT2D eigenvalue weighted by atomic mass is 16.5. The van der Waals surface area contributed by atoms with Crippen LogP contribution in [0.15, 0.2) is 12.3 Å². The van der Waals surface area contributed by atoms with Gasteiger partial charge in [-0.25, -0.2) is 4.98 Å². The minimum Gasteiger partial charge on any atom is -0.472 e. The zero-order chi connectivity index (χ0) is 16.8. The first kappa shape index (κ1) is 17.0. The molecule has 6 heteroatoms. The van der Waals surface area contributed by atoms with E-state index in [1.165, 1.54) is 32.8 Å². The molecular formula is C18H27N3O3. The molecule has 1 saturated carbocycles. The van der Waals surface area contributed by atoms with E-state index in [4.69, 9.17) is 9.47 Å². The fraction of sp³-hybridized carbons (Fsp3) is 0.722. The van der Waals surface area contributed by atoms with Crippen LogP contribution in [0.25, 0.3) is 0 Å². The van der Waals surface area contributed by atoms with Gasteiger partial charge in [0.2, 0.25) is 11.8 Å². The molecule has 1 unspecified atom stereocenters. The molecule has 3 rings (SSSR count). The summed E-state index contributed by atoms with van der Waals surface area (Å²) in [6.07, 6.45) is 10.5. The largest absolute Gasteiger partial charge is 0.472 e. The molecule has 0 bridgehead atoms. The smallest absolute Gasteiger partial charge is 0.319 e. The normalized spacial score (nSPS) is 21.7. The van der Waals surface area contributed by atoms with Crippen molar-refractivity contribution in [2.75, 3.05) is 20.2 Å². The fourth-order valence-corrected chi connectivity index (χ4v) is 3.71. The second-order valence-corrected chi connectivity index (χ2v) is 6.79. The molecule has 1 atom stereocenters. The first-order valence-corrected chi connectivity index (χ1v) is 9.06. The Hall–Kier alpha value is -1.85. The first-order chi connectivity index (χ1) is 11.7. The van der Waals surface area contributed by atoms with E-state index in [0.717, 1.165) is 31.7 Å². The second-order valence-electron chi connectivity index (χ2n) is 6.79. The van der Waals surface area contributed by atoms with Gasteiger partial charge in [0.25, 0.3) is 0 Å². The minimum atomic E-state index is -0.00575. The second kappa shape index (κ2) is 8.31. The molecule has 0 radical (unpaired) electrons. The maximum atomic E-state index is 12.5. The van der Waals surface area contributed by atoms with Gasteiger partial charge in [-0.3, -0.25) is 4.79 Å². The first-order valence-electron chi connectivity index (χ1n) is 9.06. The van der Waals surface area contributed by atoms with Gasteiger partial charge in [-0.05, 0) is 25.2 Å². The van der Waals surface area contributed by atoms with Gasteiger partial charge in [0.15, 0.2) is 0 Å². The van der Waals surface area contributed by atoms with Crippen molar-refractivity contribution < 1.29 is 14.3 Å². The monoisotopic (exact) mass is 333 g/mol. The molecule has 2 fully saturated rings. The minimum absolute atomic E-state index is 0.00575. The number of nitrogens with zero attached hydrogens (tertiary/aromatic N) is 3. The van der Waals surface area contributed by atoms with E-state index < -0.39 is 0 Å². The molecule has 0 N–H and O–H groups in total. The van der Waals surface area contributed by atoms with E-state index in [2.05, 4.69) is 9.97 Å². The van der Waals surface area contributed by atoms with Crippen molar-refractivity contribution in [3.8, 4) is 11.9 Å². The summed E-state index contributed by atoms with van der Waals surface area (Å²) in [5.74, 6) is 1.54. The van der Waals surface area contributed by atoms with Crippen molar-refractivity contribution in [2.45, 2.75) is 57.5 Å². The molecule has 1 aromatic rings. The fourth-order valence-electron chi connectivity index (χ4n) is 3.71. The molecule has 1 aliphatic heterocycles. The van der Waals surface area contributed by atoms with Crippen molar-refractivity contribution in [3.63, 3.8) is 0 Å². The Morgan fingerprint density at radius 3 is 2.92 bits per heavy atom. The number of rotatable bonds is 6. The van der Waals surface area contributed by atoms with Crippen LogP contribution < -0.4 is 9.47 Å². The van der Waals surface area contributed by atoms with Gasteiger partial charge in [0.05, 0.1) is 13.7 Å². The third kappa shape index (κ3) is 4.58. The maximum Gasteiger partial charge on any atom is 0.319 e. The number of carbonyl (C=O) groups excluding carboxylic acids is 1. The quantitative estimate of drug-likeness (QED) is 0.801. The van der Waals surface area contributed by atoms with E-state index >= 15 is 0 Å². The molecule has 2 aliphatic rings. The van der Waals surface area contributed by atoms with Crippen LogP contribution in [-0.4, -0.2) is 47.1 Å². The van der Waals surface area contributed by atoms with Crippen LogP contribution in [0, 0.1) is 5.92 Å². The van der Waals surface area contributed by atoms with Crippen LogP contribution in [-0.2, 0) is 4.79 Å². The highest BCUT2D eigenvalue weighted by Crippen LogP contribution is 2.29. The third-order valence-corrected chi connectivity index (χ3v) is 5.05. The molecule has 1 aliphatic carbocycles. The summed E-state index contributed by atoms with van der Waals surface area (Å²) in [5, 5.41) is 0. The highest BCUT2D eigenvalue weighted by molar-refractivity contribution is 5.76. The van der Waals surface area contributed by atoms with E-state index in [1.807, 2.05) is 4.90 Å². The highest BCUT2D eigenvalue weighted by Gasteiger charge is 2.26. The van der Waals surface area contributed by atoms with Crippen molar-refractivity contribution in [2.24, 2.45) is 5.92 Å². The van der Waals surface area contributed by atoms with Crippen LogP contribution in [0.1, 0.15) is 51.4 Å². The van der Waals surface area contributed by atoms with Crippen LogP contribution >= 0.6 is 0 Å². The number of carbonyl (C=O) groups is 1. The summed E-state index contributed by atoms with van der Waals surface area (Å²) in [7, 11) is 1.53. The number of hydrogen-bond donors (Lipinski definition) is 0. The lowest BCUT2D eigenvalue weighted by molar-refractivity contribution is -0.134. The molecule has 6 nitrogen and oxygen atoms in total. The van der Waals surface area contributed by atoms with Crippen molar-refractivity contribution in [3.05, 3.63) is 12.3 Å². The molecule has 1 saturated heterocycles. The van der Waals surface area contributed by atoms with E-state index in [0.29, 0.717) is 24.9 Å². The van der Waals surface area contributed by atoms with Gasteiger partial charge >= 0.3 is 6.01 Å². The van der Waals surface area contributed by atoms with Crippen molar-refractivity contribution in [1.29, 1.82) is 0 Å². The predicted molar refractivity (Wildman–Crippen MR) is 90.0 cm³/mol. The number of hydrogen-bond acceptors (Lipinski definition) is 5. The average molecular weight is 333 g/mol. The Bertz CT molecular complexity index is 546. The number of methoxy groups -OCH3 is 1. The number of likely N-dealkylation sites (tertiary alicyclic amines) is 1. The Labute approximate surface area is 143 Å². The van der Waals surface area contributed by atoms with E-state index in [-0.39, 0.29) is 12.0 Å². The summed E-state index contributed by atoms with van der Waals surface area (Å²) in [5.41, 5.74) is 0. The van der Waals surface area contributed by atoms with Crippen LogP contribution in [0.2, 0.25) is 0 Å². The number of aromatic nitrogens is 2. The topological polar surface area (TPSA) is 64.6 Å². The number of piperidine rings is 1. The standard InChI is InChI=1S/C18H27N3O3/c1-23-18-19-11-10-16(20-18)24-15-7-4-12-21(13-15)17(22)9-8-14-5-2-3-6-14/h10-11,14-15H,2-9,12-13H2,1H3. The Balaban J connectivity index is 1.48. The lowest BCUT2D eigenvalue weighted by atomic mass is 10.0. The van der Waals surface area contributed by atoms with Gasteiger partial charge in [0, 0.05) is 25.2 Å². The van der Waals surface area contributed by atoms with Crippen LogP contribution in [0.4, 0.5) is 0 Å². The van der Waals surface area contributed by atoms with Gasteiger partial charge in [0.1, 0.15) is 6.10 Å². The SMILES string of the molecule is COc1nccc(OC2CCCN(C(=O)CCC3CCCC3)C2)n1. The van der Waals surface area contributed by atoms with Crippen molar-refractivity contribution >= 4 is 5.91 Å². The van der Waals surface area contributed by atoms with Gasteiger partial charge in [-0.15, -0.1) is 0 Å². The van der Waals surface area contributed by atoms with Crippen LogP contribution in [0.5, 0.6) is 11.9 Å². The molecule has 24 heavy (non-hydrogen) atoms. The maximum absolute atomic E-state index is 12.5. The molecule has 0 aromatic carbocycles. The lowest BCUT2D eigenvalue weighted by Gasteiger charge is -2.33. The molecule has 2 heterocycles. The van der Waals surface area contributed by atoms with Gasteiger partial charge in [-0.2, -0.15) is 4.98 Å². The van der Waals surface area contributed by atoms with Crippen LogP contribution in [0.3, 0.4) is 0 Å². The Morgan fingerprint density at radius 1 is 1.29 bits per heavy atom. The summed E-state index contributed by atoms with van der Waals surface area (Å²) in [6.45, 7) is 1.49. The summed E-state index contributed by atoms with van der Waals surface area (Å²) in [6, 6.07) is 2.02. The third-order valence-electron chi connectivity index (χ3n) is 5.05. The van der Waals surface area contributed by atoms with Crippen molar-refractivity contribution in [1.82, 2.24) is 14.9 Å². The van der Waals surface area contributed by atoms with E-state index in [1.54, 1.807) is 12.3 Å². The predicted octanol–water partition coefficient (Wildman–Crippen LogP) is 2.83. The molecule has 1 aromatic heterocycles. The Morgan fingerprint density at radius 2 is 2.12 bits per heavy atom. The lowest BCUT2D eigenvalue weighted by Crippen LogP contribution is -2.44. The zero-order valence-corrected chi connectivity index (χ0v) is 14.4. The molecule has 132 valence electrons. The molecule has 0 spiro atoms. The number of amides is 1. The van der Waals surface area contributed by atoms with Gasteiger partial charge < -0.3 is 14.4 Å². The summed E-state index contributed by atoms with van der Waals surface area (Å²) >= 11 is 0. The zero-order valence-electron chi connectivity index (χ0n) is 14.4. The molecule has 1 amide bonds.